The lowest BCUT2D eigenvalue weighted by atomic mass is 9.93. The number of hydrogen-bond acceptors (Lipinski definition) is 3. The highest BCUT2D eigenvalue weighted by Gasteiger charge is 2.34. The first-order valence-corrected chi connectivity index (χ1v) is 6.63. The second kappa shape index (κ2) is 6.18. The van der Waals surface area contributed by atoms with E-state index in [1.807, 2.05) is 20.8 Å². The van der Waals surface area contributed by atoms with Crippen molar-refractivity contribution in [2.75, 3.05) is 19.6 Å². The minimum absolute atomic E-state index is 0.0689. The van der Waals surface area contributed by atoms with Gasteiger partial charge in [0.2, 0.25) is 5.91 Å². The summed E-state index contributed by atoms with van der Waals surface area (Å²) in [6.45, 7) is 7.77. The summed E-state index contributed by atoms with van der Waals surface area (Å²) in [5, 5.41) is 12.0. The molecule has 0 spiro atoms. The van der Waals surface area contributed by atoms with Gasteiger partial charge in [-0.2, -0.15) is 0 Å². The molecule has 0 aromatic rings. The second-order valence-electron chi connectivity index (χ2n) is 5.51. The largest absolute Gasteiger partial charge is 0.481 e. The maximum absolute atomic E-state index is 12.4. The number of carbonyl (C=O) groups is 2. The van der Waals surface area contributed by atoms with E-state index >= 15 is 0 Å². The summed E-state index contributed by atoms with van der Waals surface area (Å²) in [6, 6.07) is 0. The van der Waals surface area contributed by atoms with E-state index in [4.69, 9.17) is 5.11 Å². The molecule has 5 nitrogen and oxygen atoms in total. The summed E-state index contributed by atoms with van der Waals surface area (Å²) in [5.74, 6) is -0.614. The van der Waals surface area contributed by atoms with Crippen LogP contribution in [0.4, 0.5) is 0 Å². The first-order chi connectivity index (χ1) is 8.36. The lowest BCUT2D eigenvalue weighted by Gasteiger charge is -2.37. The summed E-state index contributed by atoms with van der Waals surface area (Å²) >= 11 is 0. The van der Waals surface area contributed by atoms with E-state index in [-0.39, 0.29) is 18.2 Å². The Kier molecular flexibility index (Phi) is 5.14. The first kappa shape index (κ1) is 15.0. The molecule has 1 atom stereocenters. The van der Waals surface area contributed by atoms with Gasteiger partial charge in [-0.1, -0.05) is 6.92 Å². The molecular weight excluding hydrogens is 232 g/mol. The monoisotopic (exact) mass is 256 g/mol. The second-order valence-corrected chi connectivity index (χ2v) is 5.51. The Morgan fingerprint density at radius 1 is 1.44 bits per heavy atom. The number of likely N-dealkylation sites (N-methyl/N-ethyl adjacent to an activating group) is 1. The van der Waals surface area contributed by atoms with E-state index in [1.165, 1.54) is 0 Å². The number of hydrogen-bond donors (Lipinski definition) is 2. The molecule has 18 heavy (non-hydrogen) atoms. The number of carbonyl (C=O) groups excluding carboxylic acids is 1. The van der Waals surface area contributed by atoms with E-state index in [2.05, 4.69) is 5.32 Å². The number of piperidine rings is 1. The van der Waals surface area contributed by atoms with Crippen molar-refractivity contribution in [2.45, 2.75) is 45.6 Å². The molecule has 2 N–H and O–H groups in total. The third kappa shape index (κ3) is 3.98. The van der Waals surface area contributed by atoms with Gasteiger partial charge in [-0.25, -0.2) is 0 Å². The van der Waals surface area contributed by atoms with Crippen LogP contribution in [-0.2, 0) is 9.59 Å². The van der Waals surface area contributed by atoms with Crippen LogP contribution in [-0.4, -0.2) is 47.1 Å². The number of likely N-dealkylation sites (tertiary alicyclic amines) is 1. The van der Waals surface area contributed by atoms with E-state index in [9.17, 15) is 9.59 Å². The van der Waals surface area contributed by atoms with Gasteiger partial charge in [-0.05, 0) is 39.2 Å². The standard InChI is InChI=1S/C13H24N2O3/c1-4-14-13(2,3)12(18)15-7-5-6-10(9-15)8-11(16)17/h10,14H,4-9H2,1-3H3,(H,16,17). The molecular formula is C13H24N2O3. The number of carboxylic acids is 1. The molecule has 1 fully saturated rings. The Balaban J connectivity index is 2.60. The minimum Gasteiger partial charge on any atom is -0.481 e. The van der Waals surface area contributed by atoms with E-state index in [0.29, 0.717) is 6.54 Å². The van der Waals surface area contributed by atoms with Gasteiger partial charge in [0.1, 0.15) is 0 Å². The first-order valence-electron chi connectivity index (χ1n) is 6.63. The lowest BCUT2D eigenvalue weighted by molar-refractivity contribution is -0.142. The number of aliphatic carboxylic acids is 1. The third-order valence-electron chi connectivity index (χ3n) is 3.42. The predicted octanol–water partition coefficient (Wildman–Crippen LogP) is 1.09. The van der Waals surface area contributed by atoms with Gasteiger partial charge in [0.15, 0.2) is 0 Å². The van der Waals surface area contributed by atoms with E-state index < -0.39 is 11.5 Å². The topological polar surface area (TPSA) is 69.6 Å². The normalized spacial score (nSPS) is 20.8. The van der Waals surface area contributed by atoms with Gasteiger partial charge in [-0.15, -0.1) is 0 Å². The lowest BCUT2D eigenvalue weighted by Crippen LogP contribution is -2.56. The number of carboxylic acid groups (broad SMARTS) is 1. The highest BCUT2D eigenvalue weighted by Crippen LogP contribution is 2.22. The average molecular weight is 256 g/mol. The zero-order valence-corrected chi connectivity index (χ0v) is 11.5. The molecule has 0 bridgehead atoms. The van der Waals surface area contributed by atoms with Gasteiger partial charge < -0.3 is 15.3 Å². The van der Waals surface area contributed by atoms with Crippen LogP contribution in [0.3, 0.4) is 0 Å². The number of amides is 1. The van der Waals surface area contributed by atoms with Crippen molar-refractivity contribution in [2.24, 2.45) is 5.92 Å². The van der Waals surface area contributed by atoms with Crippen molar-refractivity contribution in [1.29, 1.82) is 0 Å². The predicted molar refractivity (Wildman–Crippen MR) is 69.3 cm³/mol. The molecule has 104 valence electrons. The van der Waals surface area contributed by atoms with Crippen LogP contribution in [0.15, 0.2) is 0 Å². The minimum atomic E-state index is -0.778. The smallest absolute Gasteiger partial charge is 0.303 e. The van der Waals surface area contributed by atoms with Crippen molar-refractivity contribution in [3.8, 4) is 0 Å². The van der Waals surface area contributed by atoms with Crippen molar-refractivity contribution < 1.29 is 14.7 Å². The summed E-state index contributed by atoms with van der Waals surface area (Å²) < 4.78 is 0. The molecule has 0 radical (unpaired) electrons. The van der Waals surface area contributed by atoms with Gasteiger partial charge in [-0.3, -0.25) is 9.59 Å². The molecule has 0 aromatic heterocycles. The van der Waals surface area contributed by atoms with Crippen molar-refractivity contribution in [3.05, 3.63) is 0 Å². The summed E-state index contributed by atoms with van der Waals surface area (Å²) in [6.07, 6.45) is 1.95. The molecule has 0 saturated carbocycles. The highest BCUT2D eigenvalue weighted by molar-refractivity contribution is 5.85. The van der Waals surface area contributed by atoms with Crippen LogP contribution in [0.2, 0.25) is 0 Å². The zero-order chi connectivity index (χ0) is 13.8. The molecule has 1 rings (SSSR count). The fourth-order valence-electron chi connectivity index (χ4n) is 2.58. The van der Waals surface area contributed by atoms with Crippen molar-refractivity contribution in [3.63, 3.8) is 0 Å². The fourth-order valence-corrected chi connectivity index (χ4v) is 2.58. The van der Waals surface area contributed by atoms with Gasteiger partial charge in [0.05, 0.1) is 5.54 Å². The molecule has 1 saturated heterocycles. The molecule has 5 heteroatoms. The molecule has 1 heterocycles. The molecule has 1 amide bonds. The average Bonchev–Trinajstić information content (AvgIpc) is 2.27. The van der Waals surface area contributed by atoms with E-state index in [1.54, 1.807) is 4.90 Å². The number of rotatable bonds is 5. The number of nitrogens with one attached hydrogen (secondary N) is 1. The zero-order valence-electron chi connectivity index (χ0n) is 11.5. The Labute approximate surface area is 109 Å². The Bertz CT molecular complexity index is 315. The molecule has 1 unspecified atom stereocenters. The van der Waals surface area contributed by atoms with Crippen LogP contribution in [0, 0.1) is 5.92 Å². The van der Waals surface area contributed by atoms with Crippen LogP contribution in [0.1, 0.15) is 40.0 Å². The highest BCUT2D eigenvalue weighted by atomic mass is 16.4. The fraction of sp³-hybridized carbons (Fsp3) is 0.846. The number of nitrogens with zero attached hydrogens (tertiary/aromatic N) is 1. The van der Waals surface area contributed by atoms with Gasteiger partial charge in [0, 0.05) is 19.5 Å². The summed E-state index contributed by atoms with van der Waals surface area (Å²) in [7, 11) is 0. The van der Waals surface area contributed by atoms with Crippen LogP contribution in [0.25, 0.3) is 0 Å². The third-order valence-corrected chi connectivity index (χ3v) is 3.42. The van der Waals surface area contributed by atoms with E-state index in [0.717, 1.165) is 25.9 Å². The van der Waals surface area contributed by atoms with Crippen LogP contribution < -0.4 is 5.32 Å². The Morgan fingerprint density at radius 2 is 2.11 bits per heavy atom. The Hall–Kier alpha value is -1.10. The molecule has 0 aromatic carbocycles. The summed E-state index contributed by atoms with van der Waals surface area (Å²) in [4.78, 5) is 24.9. The van der Waals surface area contributed by atoms with Crippen LogP contribution in [0.5, 0.6) is 0 Å². The van der Waals surface area contributed by atoms with Gasteiger partial charge in [0.25, 0.3) is 0 Å². The van der Waals surface area contributed by atoms with Crippen LogP contribution >= 0.6 is 0 Å². The Morgan fingerprint density at radius 3 is 2.67 bits per heavy atom. The maximum Gasteiger partial charge on any atom is 0.303 e. The molecule has 0 aliphatic carbocycles. The molecule has 1 aliphatic rings. The van der Waals surface area contributed by atoms with Crippen molar-refractivity contribution >= 4 is 11.9 Å². The van der Waals surface area contributed by atoms with Gasteiger partial charge >= 0.3 is 5.97 Å². The summed E-state index contributed by atoms with van der Waals surface area (Å²) in [5.41, 5.74) is -0.570. The SMILES string of the molecule is CCNC(C)(C)C(=O)N1CCCC(CC(=O)O)C1. The maximum atomic E-state index is 12.4. The van der Waals surface area contributed by atoms with Crippen molar-refractivity contribution in [1.82, 2.24) is 10.2 Å². The molecule has 1 aliphatic heterocycles. The quantitative estimate of drug-likeness (QED) is 0.772.